The maximum atomic E-state index is 12.7. The fourth-order valence-electron chi connectivity index (χ4n) is 6.98. The molecule has 0 atom stereocenters. The van der Waals surface area contributed by atoms with Crippen LogP contribution in [0.3, 0.4) is 0 Å². The minimum absolute atomic E-state index is 0.100. The Morgan fingerprint density at radius 2 is 1.07 bits per heavy atom. The second-order valence-corrected chi connectivity index (χ2v) is 19.7. The van der Waals surface area contributed by atoms with E-state index in [1.54, 1.807) is 74.8 Å². The van der Waals surface area contributed by atoms with Crippen molar-refractivity contribution < 1.29 is 14.4 Å². The van der Waals surface area contributed by atoms with Crippen molar-refractivity contribution in [3.05, 3.63) is 138 Å². The van der Waals surface area contributed by atoms with Crippen molar-refractivity contribution >= 4 is 164 Å². The highest BCUT2D eigenvalue weighted by atomic mass is 35.5. The molecule has 16 nitrogen and oxygen atoms in total. The predicted octanol–water partition coefficient (Wildman–Crippen LogP) is 11.9. The molecule has 0 fully saturated rings. The molecule has 0 saturated carbocycles. The Labute approximate surface area is 436 Å². The summed E-state index contributed by atoms with van der Waals surface area (Å²) >= 11 is 27.7. The summed E-state index contributed by atoms with van der Waals surface area (Å²) in [5.41, 5.74) is 29.8. The molecule has 0 radical (unpaired) electrons. The van der Waals surface area contributed by atoms with Crippen LogP contribution < -0.4 is 38.9 Å². The Balaban J connectivity index is 0.000000144. The van der Waals surface area contributed by atoms with Crippen LogP contribution in [0.2, 0.25) is 20.1 Å². The lowest BCUT2D eigenvalue weighted by Gasteiger charge is -2.08. The van der Waals surface area contributed by atoms with Crippen LogP contribution in [-0.2, 0) is 0 Å². The van der Waals surface area contributed by atoms with Crippen molar-refractivity contribution in [3.8, 4) is 33.8 Å². The van der Waals surface area contributed by atoms with Crippen molar-refractivity contribution in [2.24, 2.45) is 0 Å². The fourth-order valence-corrected chi connectivity index (χ4v) is 10.5. The summed E-state index contributed by atoms with van der Waals surface area (Å²) in [6, 6.07) is 30.6. The Hall–Kier alpha value is -7.23. The molecule has 358 valence electrons. The number of Topliss-reactive ketones (excluding diaryl/α,β-unsaturated/α-hetero) is 1. The molecule has 0 saturated heterocycles. The van der Waals surface area contributed by atoms with Crippen LogP contribution in [0.5, 0.6) is 0 Å². The van der Waals surface area contributed by atoms with Gasteiger partial charge in [-0.05, 0) is 54.6 Å². The van der Waals surface area contributed by atoms with E-state index in [4.69, 9.17) is 69.3 Å². The number of para-hydroxylation sites is 1. The lowest BCUT2D eigenvalue weighted by molar-refractivity contribution is 0.0965. The molecular weight excluding hydrogens is 1040 g/mol. The van der Waals surface area contributed by atoms with Gasteiger partial charge < -0.3 is 38.9 Å². The van der Waals surface area contributed by atoms with E-state index in [-0.39, 0.29) is 29.5 Å². The van der Waals surface area contributed by atoms with Crippen molar-refractivity contribution in [2.45, 2.75) is 6.92 Å². The number of amides is 2. The zero-order valence-electron chi connectivity index (χ0n) is 37.3. The van der Waals surface area contributed by atoms with Gasteiger partial charge in [0.15, 0.2) is 5.78 Å². The van der Waals surface area contributed by atoms with Gasteiger partial charge in [-0.1, -0.05) is 94.9 Å². The van der Waals surface area contributed by atoms with Gasteiger partial charge in [0.2, 0.25) is 17.8 Å². The third kappa shape index (κ3) is 10.9. The molecule has 10 aromatic rings. The third-order valence-electron chi connectivity index (χ3n) is 10.3. The Morgan fingerprint density at radius 3 is 1.66 bits per heavy atom. The number of thiophene rings is 3. The number of halogens is 4. The molecule has 23 heteroatoms. The average molecular weight is 1080 g/mol. The van der Waals surface area contributed by atoms with E-state index in [9.17, 15) is 14.4 Å². The molecule has 6 heterocycles. The molecule has 0 aliphatic heterocycles. The zero-order valence-corrected chi connectivity index (χ0v) is 42.7. The highest BCUT2D eigenvalue weighted by molar-refractivity contribution is 7.22. The number of hydrogen-bond donors (Lipinski definition) is 7. The standard InChI is InChI=1S/C19H14ClN5OS.C15H12Cl2N4OS.C14H11ClN4OS/c20-11-8-6-10(7-9-11)15-13-14(21)16(27-18(13)25-19(22)24-15)17(26)23-12-4-2-1-3-5-12;1-6(22)13-11(18)10-12(7-3-4-8(16)9(17)5-7)20-15(19-2)21-14(10)23-13;1-17-12(20)10-6-9-11(7-2-4-8(15)5-3-7)18-14(16)19-13(9)21-10/h1-9H,21H2,(H,23,26)(H2,22,24,25);3-5H,18H2,1-2H3,(H,19,20,21);2-6H,1H3,(H,17,20)(H2,16,18,19). The maximum Gasteiger partial charge on any atom is 0.267 e. The summed E-state index contributed by atoms with van der Waals surface area (Å²) < 4.78 is 0. The molecule has 11 N–H and O–H groups in total. The van der Waals surface area contributed by atoms with Crippen molar-refractivity contribution in [2.75, 3.05) is 47.7 Å². The quantitative estimate of drug-likeness (QED) is 0.0698. The zero-order chi connectivity index (χ0) is 50.7. The van der Waals surface area contributed by atoms with Gasteiger partial charge in [-0.15, -0.1) is 34.0 Å². The Morgan fingerprint density at radius 1 is 0.535 bits per heavy atom. The molecule has 2 amide bonds. The fraction of sp³-hybridized carbons (Fsp3) is 0.0625. The van der Waals surface area contributed by atoms with E-state index >= 15 is 0 Å². The van der Waals surface area contributed by atoms with Crippen LogP contribution in [0.15, 0.2) is 103 Å². The monoisotopic (exact) mass is 1080 g/mol. The largest absolute Gasteiger partial charge is 0.397 e. The number of aromatic nitrogens is 6. The van der Waals surface area contributed by atoms with E-state index in [0.717, 1.165) is 22.1 Å². The Kier molecular flexibility index (Phi) is 15.1. The van der Waals surface area contributed by atoms with Gasteiger partial charge in [0, 0.05) is 58.8 Å². The number of carbonyl (C=O) groups is 3. The SMILES string of the molecule is CNC(=O)c1cc2c(-c3ccc(Cl)cc3)nc(N)nc2s1.CNc1nc(-c2ccc(Cl)c(Cl)c2)c2c(N)c(C(C)=O)sc2n1.Nc1nc(-c2ccc(Cl)cc2)c2c(N)c(C(=O)Nc3ccccc3)sc2n1. The number of hydrogen-bond acceptors (Lipinski definition) is 17. The minimum atomic E-state index is -0.303. The van der Waals surface area contributed by atoms with Crippen LogP contribution in [-0.4, -0.2) is 61.6 Å². The normalized spacial score (nSPS) is 10.9. The number of nitrogen functional groups attached to an aromatic ring is 4. The van der Waals surface area contributed by atoms with Gasteiger partial charge in [0.05, 0.1) is 59.0 Å². The molecule has 4 aromatic carbocycles. The average Bonchev–Trinajstić information content (AvgIpc) is 4.05. The van der Waals surface area contributed by atoms with Gasteiger partial charge in [0.25, 0.3) is 11.8 Å². The maximum absolute atomic E-state index is 12.7. The number of fused-ring (bicyclic) bond motifs is 3. The minimum Gasteiger partial charge on any atom is -0.397 e. The number of carbonyl (C=O) groups excluding carboxylic acids is 3. The second-order valence-electron chi connectivity index (χ2n) is 15.0. The van der Waals surface area contributed by atoms with E-state index in [2.05, 4.69) is 45.9 Å². The molecule has 71 heavy (non-hydrogen) atoms. The van der Waals surface area contributed by atoms with E-state index in [1.807, 2.05) is 42.5 Å². The first-order valence-electron chi connectivity index (χ1n) is 20.8. The molecule has 0 unspecified atom stereocenters. The second kappa shape index (κ2) is 21.4. The highest BCUT2D eigenvalue weighted by Gasteiger charge is 2.23. The molecule has 0 bridgehead atoms. The highest BCUT2D eigenvalue weighted by Crippen LogP contribution is 2.42. The van der Waals surface area contributed by atoms with Gasteiger partial charge in [-0.25, -0.2) is 29.9 Å². The van der Waals surface area contributed by atoms with Gasteiger partial charge in [-0.3, -0.25) is 14.4 Å². The summed E-state index contributed by atoms with van der Waals surface area (Å²) in [6.45, 7) is 1.48. The summed E-state index contributed by atoms with van der Waals surface area (Å²) in [7, 11) is 3.31. The van der Waals surface area contributed by atoms with Gasteiger partial charge in [0.1, 0.15) is 19.4 Å². The molecule has 10 rings (SSSR count). The number of anilines is 6. The van der Waals surface area contributed by atoms with Crippen LogP contribution in [0.25, 0.3) is 64.4 Å². The van der Waals surface area contributed by atoms with Crippen molar-refractivity contribution in [3.63, 3.8) is 0 Å². The van der Waals surface area contributed by atoms with E-state index in [0.29, 0.717) is 100 Å². The van der Waals surface area contributed by atoms with Crippen LogP contribution >= 0.6 is 80.4 Å². The van der Waals surface area contributed by atoms with Crippen LogP contribution in [0.4, 0.5) is 34.9 Å². The molecule has 0 aliphatic carbocycles. The first kappa shape index (κ1) is 50.2. The first-order chi connectivity index (χ1) is 34.0. The lowest BCUT2D eigenvalue weighted by Crippen LogP contribution is -2.15. The summed E-state index contributed by atoms with van der Waals surface area (Å²) in [5, 5.41) is 12.5. The molecule has 6 aromatic heterocycles. The molecular formula is C48H37Cl4N13O3S3. The number of nitrogens with zero attached hydrogens (tertiary/aromatic N) is 6. The number of nitrogens with one attached hydrogen (secondary N) is 3. The smallest absolute Gasteiger partial charge is 0.267 e. The topological polar surface area (TPSA) is 269 Å². The number of rotatable bonds is 8. The summed E-state index contributed by atoms with van der Waals surface area (Å²) in [4.78, 5) is 65.5. The number of nitrogens with two attached hydrogens (primary N) is 4. The summed E-state index contributed by atoms with van der Waals surface area (Å²) in [6.07, 6.45) is 0. The van der Waals surface area contributed by atoms with Crippen LogP contribution in [0, 0.1) is 0 Å². The van der Waals surface area contributed by atoms with E-state index < -0.39 is 0 Å². The van der Waals surface area contributed by atoms with Gasteiger partial charge in [-0.2, -0.15) is 0 Å². The number of ketones is 1. The Bertz CT molecular complexity index is 3670. The third-order valence-corrected chi connectivity index (χ3v) is 14.8. The lowest BCUT2D eigenvalue weighted by atomic mass is 10.1. The van der Waals surface area contributed by atoms with Crippen molar-refractivity contribution in [1.82, 2.24) is 35.2 Å². The van der Waals surface area contributed by atoms with Crippen molar-refractivity contribution in [1.29, 1.82) is 0 Å². The van der Waals surface area contributed by atoms with Gasteiger partial charge >= 0.3 is 0 Å². The first-order valence-corrected chi connectivity index (χ1v) is 24.8. The summed E-state index contributed by atoms with van der Waals surface area (Å²) in [5.74, 6) is 0.175. The number of benzene rings is 4. The van der Waals surface area contributed by atoms with Crippen LogP contribution in [0.1, 0.15) is 35.9 Å². The predicted molar refractivity (Wildman–Crippen MR) is 294 cm³/mol. The molecule has 0 spiro atoms. The molecule has 0 aliphatic rings. The van der Waals surface area contributed by atoms with E-state index in [1.165, 1.54) is 40.9 Å².